The number of aliphatic carboxylic acids is 1. The van der Waals surface area contributed by atoms with Crippen LogP contribution in [0.4, 0.5) is 0 Å². The number of carbonyl (C=O) groups is 1. The Hall–Kier alpha value is -1.48. The summed E-state index contributed by atoms with van der Waals surface area (Å²) in [7, 11) is 0. The van der Waals surface area contributed by atoms with Gasteiger partial charge in [0.2, 0.25) is 0 Å². The number of hydrogen-bond acceptors (Lipinski definition) is 1. The third kappa shape index (κ3) is 2.29. The normalized spacial score (nSPS) is 10.9. The smallest absolute Gasteiger partial charge is 0.303 e. The zero-order chi connectivity index (χ0) is 12.4. The molecule has 0 aliphatic carbocycles. The molecule has 1 heterocycles. The molecular weight excluding hydrogens is 238 g/mol. The molecule has 4 heteroatoms. The summed E-state index contributed by atoms with van der Waals surface area (Å²) >= 11 is 6.13. The molecule has 0 unspecified atom stereocenters. The van der Waals surface area contributed by atoms with E-state index in [-0.39, 0.29) is 6.42 Å². The van der Waals surface area contributed by atoms with Crippen LogP contribution in [0.3, 0.4) is 0 Å². The van der Waals surface area contributed by atoms with Gasteiger partial charge < -0.3 is 9.67 Å². The Bertz CT molecular complexity index is 560. The third-order valence-corrected chi connectivity index (χ3v) is 3.22. The lowest BCUT2D eigenvalue weighted by Crippen LogP contribution is -2.04. The van der Waals surface area contributed by atoms with E-state index in [0.717, 1.165) is 23.1 Å². The molecule has 0 aliphatic rings. The van der Waals surface area contributed by atoms with E-state index in [2.05, 4.69) is 4.57 Å². The average Bonchev–Trinajstić information content (AvgIpc) is 2.65. The van der Waals surface area contributed by atoms with Crippen molar-refractivity contribution in [3.05, 3.63) is 35.0 Å². The average molecular weight is 252 g/mol. The molecule has 0 saturated carbocycles. The number of nitrogens with zero attached hydrogens (tertiary/aromatic N) is 1. The van der Waals surface area contributed by atoms with E-state index in [9.17, 15) is 4.79 Å². The largest absolute Gasteiger partial charge is 0.481 e. The summed E-state index contributed by atoms with van der Waals surface area (Å²) in [5.74, 6) is -0.774. The Labute approximate surface area is 105 Å². The Morgan fingerprint density at radius 2 is 2.24 bits per heavy atom. The first kappa shape index (κ1) is 12.0. The number of carboxylic acid groups (broad SMARTS) is 1. The lowest BCUT2D eigenvalue weighted by atomic mass is 10.2. The fourth-order valence-electron chi connectivity index (χ4n) is 2.12. The molecule has 1 N–H and O–H groups in total. The molecule has 0 fully saturated rings. The Kier molecular flexibility index (Phi) is 3.38. The van der Waals surface area contributed by atoms with Gasteiger partial charge in [0.1, 0.15) is 0 Å². The van der Waals surface area contributed by atoms with Gasteiger partial charge in [0, 0.05) is 28.2 Å². The maximum Gasteiger partial charge on any atom is 0.303 e. The van der Waals surface area contributed by atoms with Crippen molar-refractivity contribution in [1.82, 2.24) is 4.57 Å². The number of aryl methyl sites for hydroxylation is 2. The standard InChI is InChI=1S/C13H14ClNO2/c1-2-15-9(6-7-13(16)17)8-10-11(14)4-3-5-12(10)15/h3-5,8H,2,6-7H2,1H3,(H,16,17). The molecule has 0 saturated heterocycles. The van der Waals surface area contributed by atoms with Crippen LogP contribution < -0.4 is 0 Å². The summed E-state index contributed by atoms with van der Waals surface area (Å²) in [6.45, 7) is 2.86. The molecule has 0 bridgehead atoms. The molecule has 0 amide bonds. The molecule has 0 spiro atoms. The van der Waals surface area contributed by atoms with Crippen LogP contribution in [0.1, 0.15) is 19.0 Å². The minimum atomic E-state index is -0.774. The predicted molar refractivity (Wildman–Crippen MR) is 68.6 cm³/mol. The number of halogens is 1. The highest BCUT2D eigenvalue weighted by Gasteiger charge is 2.10. The van der Waals surface area contributed by atoms with Gasteiger partial charge in [0.15, 0.2) is 0 Å². The summed E-state index contributed by atoms with van der Waals surface area (Å²) in [5.41, 5.74) is 2.10. The van der Waals surface area contributed by atoms with Crippen LogP contribution in [-0.2, 0) is 17.8 Å². The minimum Gasteiger partial charge on any atom is -0.481 e. The monoisotopic (exact) mass is 251 g/mol. The van der Waals surface area contributed by atoms with E-state index < -0.39 is 5.97 Å². The number of benzene rings is 1. The van der Waals surface area contributed by atoms with Gasteiger partial charge in [-0.1, -0.05) is 17.7 Å². The maximum absolute atomic E-state index is 10.6. The van der Waals surface area contributed by atoms with Gasteiger partial charge in [0.05, 0.1) is 6.42 Å². The molecule has 0 radical (unpaired) electrons. The second kappa shape index (κ2) is 4.80. The van der Waals surface area contributed by atoms with Gasteiger partial charge in [0.25, 0.3) is 0 Å². The molecule has 3 nitrogen and oxygen atoms in total. The highest BCUT2D eigenvalue weighted by atomic mass is 35.5. The highest BCUT2D eigenvalue weighted by Crippen LogP contribution is 2.27. The fraction of sp³-hybridized carbons (Fsp3) is 0.308. The highest BCUT2D eigenvalue weighted by molar-refractivity contribution is 6.35. The second-order valence-corrected chi connectivity index (χ2v) is 4.35. The number of carboxylic acids is 1. The molecule has 1 aromatic carbocycles. The molecule has 17 heavy (non-hydrogen) atoms. The summed E-state index contributed by atoms with van der Waals surface area (Å²) < 4.78 is 2.12. The van der Waals surface area contributed by atoms with E-state index in [4.69, 9.17) is 16.7 Å². The van der Waals surface area contributed by atoms with Gasteiger partial charge in [-0.05, 0) is 31.5 Å². The molecule has 2 rings (SSSR count). The van der Waals surface area contributed by atoms with Crippen LogP contribution in [0.5, 0.6) is 0 Å². The van der Waals surface area contributed by atoms with Crippen molar-refractivity contribution < 1.29 is 9.90 Å². The molecule has 90 valence electrons. The molecule has 2 aromatic rings. The number of hydrogen-bond donors (Lipinski definition) is 1. The van der Waals surface area contributed by atoms with Crippen LogP contribution in [0, 0.1) is 0 Å². The van der Waals surface area contributed by atoms with Crippen LogP contribution in [0.15, 0.2) is 24.3 Å². The van der Waals surface area contributed by atoms with E-state index in [1.807, 2.05) is 31.2 Å². The SMILES string of the molecule is CCn1c(CCC(=O)O)cc2c(Cl)cccc21. The lowest BCUT2D eigenvalue weighted by Gasteiger charge is -2.06. The van der Waals surface area contributed by atoms with Crippen molar-refractivity contribution in [2.75, 3.05) is 0 Å². The van der Waals surface area contributed by atoms with Crippen molar-refractivity contribution in [1.29, 1.82) is 0 Å². The van der Waals surface area contributed by atoms with E-state index in [1.54, 1.807) is 0 Å². The predicted octanol–water partition coefficient (Wildman–Crippen LogP) is 3.33. The van der Waals surface area contributed by atoms with Gasteiger partial charge >= 0.3 is 5.97 Å². The van der Waals surface area contributed by atoms with E-state index >= 15 is 0 Å². The number of rotatable bonds is 4. The quantitative estimate of drug-likeness (QED) is 0.906. The van der Waals surface area contributed by atoms with Gasteiger partial charge in [-0.25, -0.2) is 0 Å². The van der Waals surface area contributed by atoms with E-state index in [1.165, 1.54) is 0 Å². The zero-order valence-corrected chi connectivity index (χ0v) is 10.4. The zero-order valence-electron chi connectivity index (χ0n) is 9.61. The molecule has 0 atom stereocenters. The fourth-order valence-corrected chi connectivity index (χ4v) is 2.34. The van der Waals surface area contributed by atoms with Gasteiger partial charge in [-0.15, -0.1) is 0 Å². The molecule has 0 aliphatic heterocycles. The van der Waals surface area contributed by atoms with Crippen molar-refractivity contribution in [2.45, 2.75) is 26.3 Å². The first-order chi connectivity index (χ1) is 8.13. The van der Waals surface area contributed by atoms with Gasteiger partial charge in [-0.3, -0.25) is 4.79 Å². The second-order valence-electron chi connectivity index (χ2n) is 3.95. The first-order valence-electron chi connectivity index (χ1n) is 5.62. The van der Waals surface area contributed by atoms with Crippen molar-refractivity contribution in [3.8, 4) is 0 Å². The number of fused-ring (bicyclic) bond motifs is 1. The summed E-state index contributed by atoms with van der Waals surface area (Å²) in [5, 5.41) is 10.4. The molecule has 1 aromatic heterocycles. The molecular formula is C13H14ClNO2. The summed E-state index contributed by atoms with van der Waals surface area (Å²) in [6, 6.07) is 7.77. The minimum absolute atomic E-state index is 0.147. The Morgan fingerprint density at radius 1 is 1.47 bits per heavy atom. The van der Waals surface area contributed by atoms with E-state index in [0.29, 0.717) is 11.4 Å². The topological polar surface area (TPSA) is 42.2 Å². The summed E-state index contributed by atoms with van der Waals surface area (Å²) in [4.78, 5) is 10.6. The number of aromatic nitrogens is 1. The van der Waals surface area contributed by atoms with Crippen LogP contribution in [-0.4, -0.2) is 15.6 Å². The third-order valence-electron chi connectivity index (χ3n) is 2.89. The van der Waals surface area contributed by atoms with Gasteiger partial charge in [-0.2, -0.15) is 0 Å². The summed E-state index contributed by atoms with van der Waals surface area (Å²) in [6.07, 6.45) is 0.683. The Balaban J connectivity index is 2.48. The van der Waals surface area contributed by atoms with Crippen LogP contribution in [0.2, 0.25) is 5.02 Å². The maximum atomic E-state index is 10.6. The van der Waals surface area contributed by atoms with Crippen molar-refractivity contribution in [3.63, 3.8) is 0 Å². The van der Waals surface area contributed by atoms with Crippen LogP contribution >= 0.6 is 11.6 Å². The van der Waals surface area contributed by atoms with Crippen LogP contribution in [0.25, 0.3) is 10.9 Å². The Morgan fingerprint density at radius 3 is 2.88 bits per heavy atom. The van der Waals surface area contributed by atoms with Crippen molar-refractivity contribution in [2.24, 2.45) is 0 Å². The lowest BCUT2D eigenvalue weighted by molar-refractivity contribution is -0.136. The first-order valence-corrected chi connectivity index (χ1v) is 5.99. The van der Waals surface area contributed by atoms with Crippen molar-refractivity contribution >= 4 is 28.5 Å².